The Bertz CT molecular complexity index is 476. The van der Waals surface area contributed by atoms with Gasteiger partial charge >= 0.3 is 0 Å². The number of rotatable bonds is 4. The van der Waals surface area contributed by atoms with Crippen LogP contribution in [0, 0.1) is 0 Å². The van der Waals surface area contributed by atoms with E-state index >= 15 is 0 Å². The first-order valence-electron chi connectivity index (χ1n) is 6.87. The van der Waals surface area contributed by atoms with Gasteiger partial charge in [-0.2, -0.15) is 0 Å². The Morgan fingerprint density at radius 3 is 2.30 bits per heavy atom. The SMILES string of the molecule is CN(C)c1ccc(CC(=O)C(=O)N2CCNCC2)cc1. The third-order valence-electron chi connectivity index (χ3n) is 3.46. The lowest BCUT2D eigenvalue weighted by Gasteiger charge is -2.26. The third-order valence-corrected chi connectivity index (χ3v) is 3.46. The lowest BCUT2D eigenvalue weighted by atomic mass is 10.1. The number of anilines is 1. The summed E-state index contributed by atoms with van der Waals surface area (Å²) >= 11 is 0. The standard InChI is InChI=1S/C15H21N3O2/c1-17(2)13-5-3-12(4-6-13)11-14(19)15(20)18-9-7-16-8-10-18/h3-6,16H,7-11H2,1-2H3. The van der Waals surface area contributed by atoms with Gasteiger partial charge in [-0.15, -0.1) is 0 Å². The molecule has 0 bridgehead atoms. The summed E-state index contributed by atoms with van der Waals surface area (Å²) < 4.78 is 0. The van der Waals surface area contributed by atoms with Gasteiger partial charge < -0.3 is 15.1 Å². The molecule has 2 rings (SSSR count). The number of nitrogens with one attached hydrogen (secondary N) is 1. The first-order chi connectivity index (χ1) is 9.58. The number of hydrogen-bond acceptors (Lipinski definition) is 4. The van der Waals surface area contributed by atoms with E-state index in [4.69, 9.17) is 0 Å². The number of ketones is 1. The fraction of sp³-hybridized carbons (Fsp3) is 0.467. The van der Waals surface area contributed by atoms with E-state index in [1.54, 1.807) is 4.90 Å². The molecule has 1 aromatic carbocycles. The van der Waals surface area contributed by atoms with E-state index in [9.17, 15) is 9.59 Å². The number of carbonyl (C=O) groups excluding carboxylic acids is 2. The van der Waals surface area contributed by atoms with Crippen LogP contribution in [0.2, 0.25) is 0 Å². The van der Waals surface area contributed by atoms with Gasteiger partial charge in [0.2, 0.25) is 5.78 Å². The van der Waals surface area contributed by atoms with Crippen molar-refractivity contribution in [1.82, 2.24) is 10.2 Å². The van der Waals surface area contributed by atoms with Gasteiger partial charge in [-0.1, -0.05) is 12.1 Å². The molecule has 1 fully saturated rings. The largest absolute Gasteiger partial charge is 0.378 e. The zero-order chi connectivity index (χ0) is 14.5. The average Bonchev–Trinajstić information content (AvgIpc) is 2.48. The van der Waals surface area contributed by atoms with Crippen molar-refractivity contribution in [1.29, 1.82) is 0 Å². The Morgan fingerprint density at radius 1 is 1.15 bits per heavy atom. The molecule has 1 N–H and O–H groups in total. The summed E-state index contributed by atoms with van der Waals surface area (Å²) in [6.45, 7) is 2.75. The monoisotopic (exact) mass is 275 g/mol. The van der Waals surface area contributed by atoms with Crippen molar-refractivity contribution in [3.8, 4) is 0 Å². The van der Waals surface area contributed by atoms with Gasteiger partial charge in [0.1, 0.15) is 0 Å². The minimum absolute atomic E-state index is 0.177. The van der Waals surface area contributed by atoms with Crippen LogP contribution in [0.1, 0.15) is 5.56 Å². The van der Waals surface area contributed by atoms with Crippen LogP contribution in [0.4, 0.5) is 5.69 Å². The van der Waals surface area contributed by atoms with E-state index in [2.05, 4.69) is 5.32 Å². The predicted molar refractivity (Wildman–Crippen MR) is 78.9 cm³/mol. The van der Waals surface area contributed by atoms with Gasteiger partial charge in [-0.25, -0.2) is 0 Å². The van der Waals surface area contributed by atoms with Gasteiger partial charge in [0.05, 0.1) is 0 Å². The summed E-state index contributed by atoms with van der Waals surface area (Å²) in [5.74, 6) is -0.687. The first-order valence-corrected chi connectivity index (χ1v) is 6.87. The van der Waals surface area contributed by atoms with E-state index in [-0.39, 0.29) is 18.1 Å². The van der Waals surface area contributed by atoms with E-state index < -0.39 is 0 Å². The van der Waals surface area contributed by atoms with Gasteiger partial charge in [-0.3, -0.25) is 9.59 Å². The molecule has 1 heterocycles. The van der Waals surface area contributed by atoms with Gasteiger partial charge in [0.15, 0.2) is 0 Å². The Kier molecular flexibility index (Phi) is 4.74. The van der Waals surface area contributed by atoms with Crippen molar-refractivity contribution in [2.75, 3.05) is 45.2 Å². The summed E-state index contributed by atoms with van der Waals surface area (Å²) in [4.78, 5) is 27.7. The molecule has 1 saturated heterocycles. The van der Waals surface area contributed by atoms with Crippen LogP contribution >= 0.6 is 0 Å². The van der Waals surface area contributed by atoms with E-state index in [0.717, 1.165) is 24.3 Å². The minimum Gasteiger partial charge on any atom is -0.378 e. The van der Waals surface area contributed by atoms with Crippen molar-refractivity contribution in [2.24, 2.45) is 0 Å². The summed E-state index contributed by atoms with van der Waals surface area (Å²) in [7, 11) is 3.93. The number of Topliss-reactive ketones (excluding diaryl/α,β-unsaturated/α-hetero) is 1. The van der Waals surface area contributed by atoms with Crippen LogP contribution in [0.15, 0.2) is 24.3 Å². The maximum absolute atomic E-state index is 12.0. The molecule has 0 spiro atoms. The van der Waals surface area contributed by atoms with Crippen molar-refractivity contribution >= 4 is 17.4 Å². The van der Waals surface area contributed by atoms with Crippen LogP contribution in [0.3, 0.4) is 0 Å². The fourth-order valence-corrected chi connectivity index (χ4v) is 2.22. The maximum atomic E-state index is 12.0. The fourth-order valence-electron chi connectivity index (χ4n) is 2.22. The number of piperazine rings is 1. The molecule has 0 unspecified atom stereocenters. The van der Waals surface area contributed by atoms with Crippen LogP contribution in [0.5, 0.6) is 0 Å². The van der Waals surface area contributed by atoms with Crippen molar-refractivity contribution < 1.29 is 9.59 Å². The highest BCUT2D eigenvalue weighted by Gasteiger charge is 2.22. The number of amides is 1. The number of nitrogens with zero attached hydrogens (tertiary/aromatic N) is 2. The highest BCUT2D eigenvalue weighted by Crippen LogP contribution is 2.13. The average molecular weight is 275 g/mol. The molecule has 1 aromatic rings. The second-order valence-corrected chi connectivity index (χ2v) is 5.20. The highest BCUT2D eigenvalue weighted by molar-refractivity contribution is 6.36. The summed E-state index contributed by atoms with van der Waals surface area (Å²) in [6, 6.07) is 7.71. The summed E-state index contributed by atoms with van der Waals surface area (Å²) in [6.07, 6.45) is 0.177. The molecule has 1 amide bonds. The van der Waals surface area contributed by atoms with Crippen LogP contribution in [-0.4, -0.2) is 56.9 Å². The molecule has 5 nitrogen and oxygen atoms in total. The second kappa shape index (κ2) is 6.52. The molecule has 108 valence electrons. The Morgan fingerprint density at radius 2 is 1.75 bits per heavy atom. The van der Waals surface area contributed by atoms with E-state index in [0.29, 0.717) is 13.1 Å². The summed E-state index contributed by atoms with van der Waals surface area (Å²) in [5, 5.41) is 3.17. The molecule has 0 radical (unpaired) electrons. The maximum Gasteiger partial charge on any atom is 0.290 e. The molecule has 0 aromatic heterocycles. The Labute approximate surface area is 119 Å². The smallest absolute Gasteiger partial charge is 0.290 e. The normalized spacial score (nSPS) is 15.0. The quantitative estimate of drug-likeness (QED) is 0.803. The predicted octanol–water partition coefficient (Wildman–Crippen LogP) is 0.296. The molecule has 5 heteroatoms. The molecule has 20 heavy (non-hydrogen) atoms. The van der Waals surface area contributed by atoms with Crippen molar-refractivity contribution in [3.63, 3.8) is 0 Å². The first kappa shape index (κ1) is 14.5. The van der Waals surface area contributed by atoms with Crippen molar-refractivity contribution in [2.45, 2.75) is 6.42 Å². The number of carbonyl (C=O) groups is 2. The highest BCUT2D eigenvalue weighted by atomic mass is 16.2. The van der Waals surface area contributed by atoms with E-state index in [1.165, 1.54) is 0 Å². The Hall–Kier alpha value is -1.88. The number of hydrogen-bond donors (Lipinski definition) is 1. The minimum atomic E-state index is -0.358. The summed E-state index contributed by atoms with van der Waals surface area (Å²) in [5.41, 5.74) is 1.96. The molecule has 1 aliphatic heterocycles. The molecule has 0 saturated carbocycles. The molecular formula is C15H21N3O2. The van der Waals surface area contributed by atoms with Crippen LogP contribution in [-0.2, 0) is 16.0 Å². The van der Waals surface area contributed by atoms with Gasteiger partial charge in [-0.05, 0) is 17.7 Å². The van der Waals surface area contributed by atoms with Gasteiger partial charge in [0, 0.05) is 52.4 Å². The number of benzene rings is 1. The molecule has 1 aliphatic rings. The molecule has 0 aliphatic carbocycles. The topological polar surface area (TPSA) is 52.7 Å². The Balaban J connectivity index is 1.94. The zero-order valence-corrected chi connectivity index (χ0v) is 12.1. The van der Waals surface area contributed by atoms with E-state index in [1.807, 2.05) is 43.3 Å². The van der Waals surface area contributed by atoms with Crippen LogP contribution < -0.4 is 10.2 Å². The van der Waals surface area contributed by atoms with Gasteiger partial charge in [0.25, 0.3) is 5.91 Å². The zero-order valence-electron chi connectivity index (χ0n) is 12.1. The molecule has 0 atom stereocenters. The lowest BCUT2D eigenvalue weighted by Crippen LogP contribution is -2.49. The molecular weight excluding hydrogens is 254 g/mol. The third kappa shape index (κ3) is 3.57. The lowest BCUT2D eigenvalue weighted by molar-refractivity contribution is -0.144. The van der Waals surface area contributed by atoms with Crippen LogP contribution in [0.25, 0.3) is 0 Å². The second-order valence-electron chi connectivity index (χ2n) is 5.20. The van der Waals surface area contributed by atoms with Crippen molar-refractivity contribution in [3.05, 3.63) is 29.8 Å².